The highest BCUT2D eigenvalue weighted by molar-refractivity contribution is 5.86. The third kappa shape index (κ3) is 4.30. The molecule has 1 amide bonds. The van der Waals surface area contributed by atoms with E-state index in [2.05, 4.69) is 11.7 Å². The van der Waals surface area contributed by atoms with Crippen LogP contribution >= 0.6 is 0 Å². The normalized spacial score (nSPS) is 10.4. The maximum absolute atomic E-state index is 12.1. The van der Waals surface area contributed by atoms with Crippen molar-refractivity contribution < 1.29 is 14.1 Å². The molecule has 2 aromatic rings. The first-order valence-corrected chi connectivity index (χ1v) is 7.19. The van der Waals surface area contributed by atoms with E-state index in [1.54, 1.807) is 11.0 Å². The van der Waals surface area contributed by atoms with Crippen molar-refractivity contribution in [1.29, 1.82) is 0 Å². The lowest BCUT2D eigenvalue weighted by atomic mass is 10.1. The third-order valence-corrected chi connectivity index (χ3v) is 3.27. The molecular weight excluding hydrogens is 280 g/mol. The Morgan fingerprint density at radius 2 is 2.09 bits per heavy atom. The van der Waals surface area contributed by atoms with Crippen molar-refractivity contribution in [2.75, 3.05) is 6.61 Å². The van der Waals surface area contributed by atoms with E-state index in [0.29, 0.717) is 32.0 Å². The van der Waals surface area contributed by atoms with Crippen molar-refractivity contribution in [3.63, 3.8) is 0 Å². The molecule has 0 aliphatic carbocycles. The number of nitrogens with zero attached hydrogens (tertiary/aromatic N) is 2. The maximum Gasteiger partial charge on any atom is 0.246 e. The van der Waals surface area contributed by atoms with Crippen LogP contribution in [0.5, 0.6) is 0 Å². The Morgan fingerprint density at radius 1 is 1.32 bits per heavy atom. The Kier molecular flexibility index (Phi) is 5.91. The van der Waals surface area contributed by atoms with Crippen molar-refractivity contribution in [2.24, 2.45) is 0 Å². The topological polar surface area (TPSA) is 55.6 Å². The van der Waals surface area contributed by atoms with Gasteiger partial charge in [0.15, 0.2) is 0 Å². The highest BCUT2D eigenvalue weighted by Crippen LogP contribution is 2.15. The van der Waals surface area contributed by atoms with Gasteiger partial charge in [-0.15, -0.1) is 0 Å². The average molecular weight is 300 g/mol. The summed E-state index contributed by atoms with van der Waals surface area (Å²) >= 11 is 0. The second kappa shape index (κ2) is 8.14. The Morgan fingerprint density at radius 3 is 2.73 bits per heavy atom. The van der Waals surface area contributed by atoms with Crippen molar-refractivity contribution >= 4 is 5.91 Å². The summed E-state index contributed by atoms with van der Waals surface area (Å²) in [5, 5.41) is 3.86. The molecule has 0 fully saturated rings. The van der Waals surface area contributed by atoms with Gasteiger partial charge in [0.2, 0.25) is 5.91 Å². The number of amides is 1. The molecule has 0 N–H and O–H groups in total. The molecule has 0 atom stereocenters. The van der Waals surface area contributed by atoms with Crippen molar-refractivity contribution in [1.82, 2.24) is 10.1 Å². The summed E-state index contributed by atoms with van der Waals surface area (Å²) in [4.78, 5) is 13.8. The number of benzene rings is 1. The summed E-state index contributed by atoms with van der Waals surface area (Å²) < 4.78 is 10.3. The molecule has 22 heavy (non-hydrogen) atoms. The first-order chi connectivity index (χ1) is 10.7. The number of hydrogen-bond acceptors (Lipinski definition) is 4. The van der Waals surface area contributed by atoms with Crippen molar-refractivity contribution in [3.05, 3.63) is 66.1 Å². The molecule has 0 spiro atoms. The second-order valence-corrected chi connectivity index (χ2v) is 4.80. The predicted octanol–water partition coefficient (Wildman–Crippen LogP) is 2.93. The lowest BCUT2D eigenvalue weighted by Gasteiger charge is -2.21. The van der Waals surface area contributed by atoms with Crippen LogP contribution in [0.1, 0.15) is 23.7 Å². The minimum Gasteiger partial charge on any atom is -0.377 e. The van der Waals surface area contributed by atoms with Gasteiger partial charge in [0.1, 0.15) is 12.0 Å². The Hall–Kier alpha value is -2.40. The highest BCUT2D eigenvalue weighted by atomic mass is 16.5. The smallest absolute Gasteiger partial charge is 0.246 e. The molecule has 5 heteroatoms. The number of aromatic nitrogens is 1. The van der Waals surface area contributed by atoms with Gasteiger partial charge in [0, 0.05) is 19.2 Å². The fraction of sp³-hybridized carbons (Fsp3) is 0.294. The van der Waals surface area contributed by atoms with Crippen LogP contribution in [0.2, 0.25) is 0 Å². The van der Waals surface area contributed by atoms with Crippen LogP contribution in [0.25, 0.3) is 0 Å². The summed E-state index contributed by atoms with van der Waals surface area (Å²) in [5.41, 5.74) is 2.83. The molecule has 5 nitrogen and oxygen atoms in total. The molecule has 2 rings (SSSR count). The monoisotopic (exact) mass is 300 g/mol. The molecule has 0 aliphatic heterocycles. The molecule has 1 aromatic carbocycles. The Balaban J connectivity index is 2.16. The van der Waals surface area contributed by atoms with Gasteiger partial charge in [-0.1, -0.05) is 36.0 Å². The molecule has 0 saturated heterocycles. The van der Waals surface area contributed by atoms with Gasteiger partial charge in [0.05, 0.1) is 13.2 Å². The van der Waals surface area contributed by atoms with Crippen LogP contribution in [-0.4, -0.2) is 22.6 Å². The fourth-order valence-corrected chi connectivity index (χ4v) is 2.13. The minimum absolute atomic E-state index is 0.144. The lowest BCUT2D eigenvalue weighted by molar-refractivity contribution is -0.127. The van der Waals surface area contributed by atoms with Gasteiger partial charge in [-0.25, -0.2) is 0 Å². The first-order valence-electron chi connectivity index (χ1n) is 7.19. The van der Waals surface area contributed by atoms with Gasteiger partial charge in [-0.3, -0.25) is 4.79 Å². The zero-order valence-electron chi connectivity index (χ0n) is 12.7. The fourth-order valence-electron chi connectivity index (χ4n) is 2.13. The van der Waals surface area contributed by atoms with Crippen LogP contribution in [0.3, 0.4) is 0 Å². The Bertz CT molecular complexity index is 608. The van der Waals surface area contributed by atoms with Gasteiger partial charge >= 0.3 is 0 Å². The first kappa shape index (κ1) is 16.0. The summed E-state index contributed by atoms with van der Waals surface area (Å²) in [5.74, 6) is -0.144. The van der Waals surface area contributed by atoms with E-state index in [9.17, 15) is 4.79 Å². The molecule has 116 valence electrons. The largest absolute Gasteiger partial charge is 0.377 e. The van der Waals surface area contributed by atoms with E-state index >= 15 is 0 Å². The van der Waals surface area contributed by atoms with E-state index in [4.69, 9.17) is 9.26 Å². The maximum atomic E-state index is 12.1. The van der Waals surface area contributed by atoms with Gasteiger partial charge in [0.25, 0.3) is 0 Å². The van der Waals surface area contributed by atoms with E-state index in [1.807, 2.05) is 31.2 Å². The minimum atomic E-state index is -0.144. The van der Waals surface area contributed by atoms with Gasteiger partial charge in [-0.2, -0.15) is 0 Å². The zero-order chi connectivity index (χ0) is 15.8. The Labute approximate surface area is 130 Å². The molecular formula is C17H20N2O3. The average Bonchev–Trinajstić information content (AvgIpc) is 3.05. The number of hydrogen-bond donors (Lipinski definition) is 0. The molecule has 0 saturated carbocycles. The summed E-state index contributed by atoms with van der Waals surface area (Å²) in [6.07, 6.45) is 2.81. The van der Waals surface area contributed by atoms with Gasteiger partial charge < -0.3 is 14.2 Å². The van der Waals surface area contributed by atoms with E-state index in [-0.39, 0.29) is 5.91 Å². The highest BCUT2D eigenvalue weighted by Gasteiger charge is 2.15. The molecule has 0 unspecified atom stereocenters. The number of ether oxygens (including phenoxy) is 1. The van der Waals surface area contributed by atoms with E-state index < -0.39 is 0 Å². The molecule has 0 radical (unpaired) electrons. The zero-order valence-corrected chi connectivity index (χ0v) is 12.7. The van der Waals surface area contributed by atoms with E-state index in [1.165, 1.54) is 12.3 Å². The molecule has 0 bridgehead atoms. The SMILES string of the molecule is C=CC(=O)N(Cc1ccon1)Cc1ccccc1COCC. The molecule has 1 aromatic heterocycles. The number of carbonyl (C=O) groups excluding carboxylic acids is 1. The summed E-state index contributed by atoms with van der Waals surface area (Å²) in [7, 11) is 0. The predicted molar refractivity (Wildman–Crippen MR) is 82.7 cm³/mol. The second-order valence-electron chi connectivity index (χ2n) is 4.80. The van der Waals surface area contributed by atoms with E-state index in [0.717, 1.165) is 11.1 Å². The number of carbonyl (C=O) groups is 1. The van der Waals surface area contributed by atoms with Crippen LogP contribution in [0, 0.1) is 0 Å². The van der Waals surface area contributed by atoms with Crippen LogP contribution < -0.4 is 0 Å². The standard InChI is InChI=1S/C17H20N2O3/c1-3-17(20)19(12-16-9-10-22-18-16)11-14-7-5-6-8-15(14)13-21-4-2/h3,5-10H,1,4,11-13H2,2H3. The quantitative estimate of drug-likeness (QED) is 0.703. The van der Waals surface area contributed by atoms with Crippen LogP contribution in [-0.2, 0) is 29.2 Å². The van der Waals surface area contributed by atoms with Crippen LogP contribution in [0.4, 0.5) is 0 Å². The third-order valence-electron chi connectivity index (χ3n) is 3.27. The molecule has 1 heterocycles. The summed E-state index contributed by atoms with van der Waals surface area (Å²) in [6.45, 7) is 7.57. The number of rotatable bonds is 8. The molecule has 0 aliphatic rings. The van der Waals surface area contributed by atoms with Gasteiger partial charge in [-0.05, 0) is 24.1 Å². The van der Waals surface area contributed by atoms with Crippen molar-refractivity contribution in [2.45, 2.75) is 26.6 Å². The summed E-state index contributed by atoms with van der Waals surface area (Å²) in [6, 6.07) is 9.68. The lowest BCUT2D eigenvalue weighted by Crippen LogP contribution is -2.29. The van der Waals surface area contributed by atoms with Crippen LogP contribution in [0.15, 0.2) is 53.8 Å². The van der Waals surface area contributed by atoms with Crippen molar-refractivity contribution in [3.8, 4) is 0 Å².